The van der Waals surface area contributed by atoms with E-state index in [-0.39, 0.29) is 18.1 Å². The number of Topliss-reactive ketones (excluding diaryl/α,β-unsaturated/α-hetero) is 1. The quantitative estimate of drug-likeness (QED) is 0.877. The van der Waals surface area contributed by atoms with Crippen molar-refractivity contribution >= 4 is 17.6 Å². The van der Waals surface area contributed by atoms with E-state index >= 15 is 0 Å². The van der Waals surface area contributed by atoms with Crippen LogP contribution in [-0.4, -0.2) is 28.6 Å². The molecule has 2 aromatic rings. The predicted octanol–water partition coefficient (Wildman–Crippen LogP) is 2.44. The zero-order valence-electron chi connectivity index (χ0n) is 14.0. The van der Waals surface area contributed by atoms with Gasteiger partial charge in [-0.05, 0) is 18.1 Å². The van der Waals surface area contributed by atoms with Crippen molar-refractivity contribution in [3.63, 3.8) is 0 Å². The predicted molar refractivity (Wildman–Crippen MR) is 95.2 cm³/mol. The highest BCUT2D eigenvalue weighted by molar-refractivity contribution is 6.07. The number of hydrogen-bond donors (Lipinski definition) is 1. The van der Waals surface area contributed by atoms with Crippen LogP contribution in [-0.2, 0) is 17.9 Å². The van der Waals surface area contributed by atoms with Crippen molar-refractivity contribution in [2.75, 3.05) is 0 Å². The van der Waals surface area contributed by atoms with Crippen LogP contribution in [0.15, 0.2) is 53.5 Å². The number of amides is 1. The van der Waals surface area contributed by atoms with Gasteiger partial charge in [-0.1, -0.05) is 54.1 Å². The van der Waals surface area contributed by atoms with Gasteiger partial charge >= 0.3 is 0 Å². The minimum atomic E-state index is -0.576. The molecular weight excluding hydrogens is 314 g/mol. The summed E-state index contributed by atoms with van der Waals surface area (Å²) >= 11 is 0. The van der Waals surface area contributed by atoms with Gasteiger partial charge in [0.05, 0.1) is 0 Å². The Morgan fingerprint density at radius 3 is 2.40 bits per heavy atom. The lowest BCUT2D eigenvalue weighted by Crippen LogP contribution is -2.41. The van der Waals surface area contributed by atoms with Gasteiger partial charge in [0.2, 0.25) is 5.96 Å². The summed E-state index contributed by atoms with van der Waals surface area (Å²) in [5.74, 6) is 0.251. The molecular formula is C20H19N3O2. The fourth-order valence-corrected chi connectivity index (χ4v) is 3.26. The monoisotopic (exact) mass is 333 g/mol. The standard InChI is InChI=1S/C20H19N3O2/c1-13-6-8-14(9-7-13)18(24)10-17-19(25)22-20(21-17)23-11-15-4-2-3-5-16(15)12-23/h2-9,17H,10-12H2,1H3,(H,21,22,25). The minimum absolute atomic E-state index is 0.0491. The number of fused-ring (bicyclic) bond motifs is 1. The Balaban J connectivity index is 1.41. The maximum absolute atomic E-state index is 12.4. The van der Waals surface area contributed by atoms with Gasteiger partial charge in [0.25, 0.3) is 5.91 Å². The van der Waals surface area contributed by atoms with Gasteiger partial charge in [0.1, 0.15) is 6.04 Å². The smallest absolute Gasteiger partial charge is 0.271 e. The summed E-state index contributed by atoms with van der Waals surface area (Å²) in [4.78, 5) is 30.8. The highest BCUT2D eigenvalue weighted by Gasteiger charge is 2.33. The summed E-state index contributed by atoms with van der Waals surface area (Å²) in [6.45, 7) is 3.44. The SMILES string of the molecule is Cc1ccc(C(=O)CC2NC(N3Cc4ccccc4C3)=NC2=O)cc1. The summed E-state index contributed by atoms with van der Waals surface area (Å²) in [6, 6.07) is 15.0. The lowest BCUT2D eigenvalue weighted by atomic mass is 10.0. The maximum atomic E-state index is 12.4. The largest absolute Gasteiger partial charge is 0.343 e. The number of ketones is 1. The number of guanidine groups is 1. The molecule has 1 amide bonds. The van der Waals surface area contributed by atoms with Crippen LogP contribution in [0.4, 0.5) is 0 Å². The van der Waals surface area contributed by atoms with Gasteiger partial charge in [-0.25, -0.2) is 0 Å². The molecule has 0 radical (unpaired) electrons. The number of hydrogen-bond acceptors (Lipinski definition) is 4. The Labute approximate surface area is 146 Å². The van der Waals surface area contributed by atoms with Crippen molar-refractivity contribution in [2.24, 2.45) is 4.99 Å². The van der Waals surface area contributed by atoms with Crippen molar-refractivity contribution < 1.29 is 9.59 Å². The van der Waals surface area contributed by atoms with Crippen LogP contribution in [0.25, 0.3) is 0 Å². The van der Waals surface area contributed by atoms with Crippen molar-refractivity contribution in [3.05, 3.63) is 70.8 Å². The molecule has 0 fully saturated rings. The Hall–Kier alpha value is -2.95. The van der Waals surface area contributed by atoms with E-state index in [1.54, 1.807) is 12.1 Å². The van der Waals surface area contributed by atoms with Gasteiger partial charge in [-0.15, -0.1) is 0 Å². The molecule has 5 heteroatoms. The first-order valence-electron chi connectivity index (χ1n) is 8.41. The fraction of sp³-hybridized carbons (Fsp3) is 0.250. The van der Waals surface area contributed by atoms with Crippen molar-refractivity contribution in [1.82, 2.24) is 10.2 Å². The average molecular weight is 333 g/mol. The molecule has 0 aromatic heterocycles. The molecule has 2 aliphatic rings. The number of aliphatic imine (C=N–C) groups is 1. The van der Waals surface area contributed by atoms with Gasteiger partial charge < -0.3 is 10.2 Å². The molecule has 4 rings (SSSR count). The zero-order valence-corrected chi connectivity index (χ0v) is 14.0. The van der Waals surface area contributed by atoms with Gasteiger partial charge in [-0.2, -0.15) is 4.99 Å². The molecule has 0 bridgehead atoms. The normalized spacial score (nSPS) is 18.8. The second-order valence-corrected chi connectivity index (χ2v) is 6.59. The van der Waals surface area contributed by atoms with Gasteiger partial charge in [-0.3, -0.25) is 9.59 Å². The van der Waals surface area contributed by atoms with Crippen LogP contribution in [0, 0.1) is 6.92 Å². The van der Waals surface area contributed by atoms with Crippen LogP contribution in [0.3, 0.4) is 0 Å². The van der Waals surface area contributed by atoms with E-state index in [1.165, 1.54) is 11.1 Å². The Morgan fingerprint density at radius 1 is 1.12 bits per heavy atom. The molecule has 1 atom stereocenters. The first-order chi connectivity index (χ1) is 12.1. The van der Waals surface area contributed by atoms with Crippen LogP contribution >= 0.6 is 0 Å². The molecule has 2 heterocycles. The molecule has 0 spiro atoms. The van der Waals surface area contributed by atoms with Crippen molar-refractivity contribution in [1.29, 1.82) is 0 Å². The lowest BCUT2D eigenvalue weighted by Gasteiger charge is -2.18. The van der Waals surface area contributed by atoms with Crippen molar-refractivity contribution in [3.8, 4) is 0 Å². The molecule has 5 nitrogen and oxygen atoms in total. The molecule has 0 saturated heterocycles. The molecule has 25 heavy (non-hydrogen) atoms. The van der Waals surface area contributed by atoms with Crippen LogP contribution in [0.1, 0.15) is 33.5 Å². The first kappa shape index (κ1) is 15.6. The second kappa shape index (κ2) is 6.16. The Bertz CT molecular complexity index is 846. The van der Waals surface area contributed by atoms with Crippen LogP contribution < -0.4 is 5.32 Å². The van der Waals surface area contributed by atoms with E-state index in [4.69, 9.17) is 0 Å². The van der Waals surface area contributed by atoms with E-state index in [0.717, 1.165) is 18.7 Å². The highest BCUT2D eigenvalue weighted by Crippen LogP contribution is 2.23. The molecule has 126 valence electrons. The molecule has 1 N–H and O–H groups in total. The number of carbonyl (C=O) groups excluding carboxylic acids is 2. The first-order valence-corrected chi connectivity index (χ1v) is 8.41. The van der Waals surface area contributed by atoms with E-state index in [1.807, 2.05) is 36.1 Å². The van der Waals surface area contributed by atoms with Gasteiger partial charge in [0, 0.05) is 25.1 Å². The number of nitrogens with one attached hydrogen (secondary N) is 1. The number of carbonyl (C=O) groups is 2. The van der Waals surface area contributed by atoms with Crippen molar-refractivity contribution in [2.45, 2.75) is 32.5 Å². The molecule has 2 aliphatic heterocycles. The summed E-state index contributed by atoms with van der Waals surface area (Å²) in [5.41, 5.74) is 4.23. The molecule has 0 saturated carbocycles. The summed E-state index contributed by atoms with van der Waals surface area (Å²) in [7, 11) is 0. The number of nitrogens with zero attached hydrogens (tertiary/aromatic N) is 2. The number of rotatable bonds is 3. The fourth-order valence-electron chi connectivity index (χ4n) is 3.26. The molecule has 1 unspecified atom stereocenters. The summed E-state index contributed by atoms with van der Waals surface area (Å²) < 4.78 is 0. The second-order valence-electron chi connectivity index (χ2n) is 6.59. The Morgan fingerprint density at radius 2 is 1.76 bits per heavy atom. The van der Waals surface area contributed by atoms with E-state index < -0.39 is 6.04 Å². The number of aryl methyl sites for hydroxylation is 1. The topological polar surface area (TPSA) is 61.8 Å². The Kier molecular flexibility index (Phi) is 3.84. The third kappa shape index (κ3) is 3.05. The average Bonchev–Trinajstić information content (AvgIpc) is 3.19. The van der Waals surface area contributed by atoms with E-state index in [0.29, 0.717) is 11.5 Å². The van der Waals surface area contributed by atoms with Crippen LogP contribution in [0.5, 0.6) is 0 Å². The summed E-state index contributed by atoms with van der Waals surface area (Å²) in [5, 5.41) is 3.14. The van der Waals surface area contributed by atoms with Crippen LogP contribution in [0.2, 0.25) is 0 Å². The number of benzene rings is 2. The zero-order chi connectivity index (χ0) is 17.4. The molecule has 2 aromatic carbocycles. The highest BCUT2D eigenvalue weighted by atomic mass is 16.2. The summed E-state index contributed by atoms with van der Waals surface area (Å²) in [6.07, 6.45) is 0.121. The lowest BCUT2D eigenvalue weighted by molar-refractivity contribution is -0.118. The third-order valence-electron chi connectivity index (χ3n) is 4.72. The molecule has 0 aliphatic carbocycles. The van der Waals surface area contributed by atoms with E-state index in [9.17, 15) is 9.59 Å². The third-order valence-corrected chi connectivity index (χ3v) is 4.72. The minimum Gasteiger partial charge on any atom is -0.343 e. The maximum Gasteiger partial charge on any atom is 0.271 e. The van der Waals surface area contributed by atoms with Gasteiger partial charge in [0.15, 0.2) is 5.78 Å². The van der Waals surface area contributed by atoms with E-state index in [2.05, 4.69) is 22.4 Å².